The number of halogens is 3. The van der Waals surface area contributed by atoms with Gasteiger partial charge >= 0.3 is 5.97 Å². The van der Waals surface area contributed by atoms with Gasteiger partial charge in [-0.3, -0.25) is 4.79 Å². The SMILES string of the molecule is CCOC(=O)Cn1c(CCl)nc2cc(I)c(F)cc21. The third kappa shape index (κ3) is 3.00. The molecule has 102 valence electrons. The zero-order chi connectivity index (χ0) is 14.0. The van der Waals surface area contributed by atoms with Gasteiger partial charge in [-0.25, -0.2) is 9.37 Å². The van der Waals surface area contributed by atoms with Crippen LogP contribution in [0.2, 0.25) is 0 Å². The van der Waals surface area contributed by atoms with Crippen molar-refractivity contribution >= 4 is 51.2 Å². The summed E-state index contributed by atoms with van der Waals surface area (Å²) in [7, 11) is 0. The van der Waals surface area contributed by atoms with Gasteiger partial charge in [0.05, 0.1) is 27.1 Å². The van der Waals surface area contributed by atoms with Gasteiger partial charge in [0.15, 0.2) is 0 Å². The standard InChI is InChI=1S/C12H11ClFIN2O2/c1-2-19-12(18)6-17-10-3-7(14)8(15)4-9(10)16-11(17)5-13/h3-4H,2,5-6H2,1H3. The van der Waals surface area contributed by atoms with Crippen LogP contribution in [0.15, 0.2) is 12.1 Å². The van der Waals surface area contributed by atoms with E-state index in [1.54, 1.807) is 17.6 Å². The predicted molar refractivity (Wildman–Crippen MR) is 78.6 cm³/mol. The number of nitrogens with zero attached hydrogens (tertiary/aromatic N) is 2. The molecule has 0 fully saturated rings. The summed E-state index contributed by atoms with van der Waals surface area (Å²) < 4.78 is 20.6. The summed E-state index contributed by atoms with van der Waals surface area (Å²) >= 11 is 7.71. The van der Waals surface area contributed by atoms with Crippen LogP contribution in [0.1, 0.15) is 12.7 Å². The Bertz CT molecular complexity index is 630. The molecule has 0 radical (unpaired) electrons. The number of imidazole rings is 1. The Balaban J connectivity index is 2.50. The first-order valence-corrected chi connectivity index (χ1v) is 7.23. The van der Waals surface area contributed by atoms with E-state index in [9.17, 15) is 9.18 Å². The topological polar surface area (TPSA) is 44.1 Å². The maximum Gasteiger partial charge on any atom is 0.326 e. The van der Waals surface area contributed by atoms with E-state index in [-0.39, 0.29) is 18.2 Å². The molecule has 1 aromatic heterocycles. The summed E-state index contributed by atoms with van der Waals surface area (Å²) in [5.41, 5.74) is 1.16. The van der Waals surface area contributed by atoms with Gasteiger partial charge in [0.1, 0.15) is 18.2 Å². The predicted octanol–water partition coefficient (Wildman–Crippen LogP) is 3.08. The van der Waals surface area contributed by atoms with E-state index in [2.05, 4.69) is 4.98 Å². The van der Waals surface area contributed by atoms with E-state index in [0.717, 1.165) is 0 Å². The third-order valence-electron chi connectivity index (χ3n) is 2.58. The second-order valence-corrected chi connectivity index (χ2v) is 5.24. The number of alkyl halides is 1. The van der Waals surface area contributed by atoms with Gasteiger partial charge in [0.25, 0.3) is 0 Å². The van der Waals surface area contributed by atoms with Crippen molar-refractivity contribution in [2.45, 2.75) is 19.3 Å². The van der Waals surface area contributed by atoms with Crippen molar-refractivity contribution in [3.8, 4) is 0 Å². The first-order valence-electron chi connectivity index (χ1n) is 5.62. The molecule has 0 saturated carbocycles. The van der Waals surface area contributed by atoms with Crippen LogP contribution >= 0.6 is 34.2 Å². The van der Waals surface area contributed by atoms with Crippen molar-refractivity contribution in [2.24, 2.45) is 0 Å². The van der Waals surface area contributed by atoms with Crippen LogP contribution in [-0.2, 0) is 22.0 Å². The molecule has 0 atom stereocenters. The summed E-state index contributed by atoms with van der Waals surface area (Å²) in [6.45, 7) is 2.01. The summed E-state index contributed by atoms with van der Waals surface area (Å²) in [6, 6.07) is 2.99. The number of ether oxygens (including phenoxy) is 1. The van der Waals surface area contributed by atoms with Crippen molar-refractivity contribution in [1.29, 1.82) is 0 Å². The highest BCUT2D eigenvalue weighted by Crippen LogP contribution is 2.22. The van der Waals surface area contributed by atoms with Gasteiger partial charge < -0.3 is 9.30 Å². The highest BCUT2D eigenvalue weighted by molar-refractivity contribution is 14.1. The fourth-order valence-corrected chi connectivity index (χ4v) is 2.44. The van der Waals surface area contributed by atoms with Crippen LogP contribution in [0.4, 0.5) is 4.39 Å². The fraction of sp³-hybridized carbons (Fsp3) is 0.333. The molecule has 0 aliphatic heterocycles. The van der Waals surface area contributed by atoms with Gasteiger partial charge in [-0.1, -0.05) is 0 Å². The van der Waals surface area contributed by atoms with Gasteiger partial charge in [0, 0.05) is 6.07 Å². The maximum absolute atomic E-state index is 13.6. The lowest BCUT2D eigenvalue weighted by atomic mass is 10.3. The minimum absolute atomic E-state index is 0.0214. The summed E-state index contributed by atoms with van der Waals surface area (Å²) in [5, 5.41) is 0. The summed E-state index contributed by atoms with van der Waals surface area (Å²) in [5.74, 6) is -0.0794. The molecule has 19 heavy (non-hydrogen) atoms. The normalized spacial score (nSPS) is 10.9. The van der Waals surface area contributed by atoms with Crippen LogP contribution in [0, 0.1) is 9.39 Å². The van der Waals surface area contributed by atoms with E-state index < -0.39 is 5.97 Å². The molecule has 0 N–H and O–H groups in total. The Hall–Kier alpha value is -0.890. The number of esters is 1. The molecule has 2 aromatic rings. The van der Waals surface area contributed by atoms with Crippen LogP contribution in [0.25, 0.3) is 11.0 Å². The average Bonchev–Trinajstić information content (AvgIpc) is 2.68. The Morgan fingerprint density at radius 1 is 1.58 bits per heavy atom. The Morgan fingerprint density at radius 3 is 2.95 bits per heavy atom. The highest BCUT2D eigenvalue weighted by Gasteiger charge is 2.15. The molecule has 0 amide bonds. The van der Waals surface area contributed by atoms with E-state index in [0.29, 0.717) is 27.0 Å². The Morgan fingerprint density at radius 2 is 2.32 bits per heavy atom. The third-order valence-corrected chi connectivity index (χ3v) is 3.65. The van der Waals surface area contributed by atoms with Crippen molar-refractivity contribution in [3.05, 3.63) is 27.3 Å². The molecule has 1 heterocycles. The van der Waals surface area contributed by atoms with E-state index in [4.69, 9.17) is 16.3 Å². The molecule has 0 bridgehead atoms. The largest absolute Gasteiger partial charge is 0.465 e. The Kier molecular flexibility index (Phi) is 4.62. The number of fused-ring (bicyclic) bond motifs is 1. The molecule has 0 spiro atoms. The number of hydrogen-bond donors (Lipinski definition) is 0. The average molecular weight is 397 g/mol. The second kappa shape index (κ2) is 6.04. The molecular formula is C12H11ClFIN2O2. The van der Waals surface area contributed by atoms with Gasteiger partial charge in [0.2, 0.25) is 0 Å². The fourth-order valence-electron chi connectivity index (χ4n) is 1.78. The van der Waals surface area contributed by atoms with Crippen LogP contribution in [0.3, 0.4) is 0 Å². The first-order chi connectivity index (χ1) is 9.06. The Labute approximate surface area is 128 Å². The lowest BCUT2D eigenvalue weighted by Gasteiger charge is -2.07. The summed E-state index contributed by atoms with van der Waals surface area (Å²) in [4.78, 5) is 15.9. The zero-order valence-corrected chi connectivity index (χ0v) is 13.0. The molecule has 0 unspecified atom stereocenters. The molecule has 4 nitrogen and oxygen atoms in total. The second-order valence-electron chi connectivity index (χ2n) is 3.81. The molecule has 1 aromatic carbocycles. The lowest BCUT2D eigenvalue weighted by molar-refractivity contribution is -0.143. The number of aromatic nitrogens is 2. The highest BCUT2D eigenvalue weighted by atomic mass is 127. The minimum Gasteiger partial charge on any atom is -0.465 e. The number of hydrogen-bond acceptors (Lipinski definition) is 3. The van der Waals surface area contributed by atoms with Crippen LogP contribution in [-0.4, -0.2) is 22.1 Å². The van der Waals surface area contributed by atoms with E-state index in [1.807, 2.05) is 22.6 Å². The number of carbonyl (C=O) groups is 1. The molecule has 2 rings (SSSR count). The van der Waals surface area contributed by atoms with Gasteiger partial charge in [-0.05, 0) is 35.6 Å². The number of carbonyl (C=O) groups excluding carboxylic acids is 1. The first kappa shape index (κ1) is 14.5. The quantitative estimate of drug-likeness (QED) is 0.453. The van der Waals surface area contributed by atoms with Crippen molar-refractivity contribution < 1.29 is 13.9 Å². The molecule has 0 aliphatic rings. The summed E-state index contributed by atoms with van der Waals surface area (Å²) in [6.07, 6.45) is 0. The zero-order valence-electron chi connectivity index (χ0n) is 10.1. The van der Waals surface area contributed by atoms with E-state index in [1.165, 1.54) is 6.07 Å². The lowest BCUT2D eigenvalue weighted by Crippen LogP contribution is -2.15. The molecular weight excluding hydrogens is 385 g/mol. The maximum atomic E-state index is 13.6. The van der Waals surface area contributed by atoms with E-state index >= 15 is 0 Å². The molecule has 0 aliphatic carbocycles. The number of rotatable bonds is 4. The molecule has 7 heteroatoms. The van der Waals surface area contributed by atoms with Crippen LogP contribution in [0.5, 0.6) is 0 Å². The van der Waals surface area contributed by atoms with Crippen molar-refractivity contribution in [2.75, 3.05) is 6.61 Å². The number of benzene rings is 1. The van der Waals surface area contributed by atoms with Gasteiger partial charge in [-0.15, -0.1) is 11.6 Å². The minimum atomic E-state index is -0.396. The molecule has 0 saturated heterocycles. The smallest absolute Gasteiger partial charge is 0.326 e. The van der Waals surface area contributed by atoms with Gasteiger partial charge in [-0.2, -0.15) is 0 Å². The monoisotopic (exact) mass is 396 g/mol. The van der Waals surface area contributed by atoms with Crippen molar-refractivity contribution in [1.82, 2.24) is 9.55 Å². The van der Waals surface area contributed by atoms with Crippen molar-refractivity contribution in [3.63, 3.8) is 0 Å². The van der Waals surface area contributed by atoms with Crippen LogP contribution < -0.4 is 0 Å².